The summed E-state index contributed by atoms with van der Waals surface area (Å²) in [6, 6.07) is 9.20. The highest BCUT2D eigenvalue weighted by molar-refractivity contribution is 5.47. The number of aromatic nitrogens is 3. The fourth-order valence-electron chi connectivity index (χ4n) is 2.52. The summed E-state index contributed by atoms with van der Waals surface area (Å²) < 4.78 is 1.84. The lowest BCUT2D eigenvalue weighted by molar-refractivity contribution is 0.309. The van der Waals surface area contributed by atoms with E-state index in [1.807, 2.05) is 4.68 Å². The van der Waals surface area contributed by atoms with Gasteiger partial charge in [0.15, 0.2) is 0 Å². The average molecular weight is 242 g/mol. The molecule has 0 amide bonds. The van der Waals surface area contributed by atoms with Crippen LogP contribution >= 0.6 is 0 Å². The molecule has 4 nitrogen and oxygen atoms in total. The van der Waals surface area contributed by atoms with Crippen LogP contribution in [0.4, 0.5) is 5.69 Å². The van der Waals surface area contributed by atoms with Crippen molar-refractivity contribution in [3.63, 3.8) is 0 Å². The second-order valence-electron chi connectivity index (χ2n) is 5.21. The van der Waals surface area contributed by atoms with Crippen molar-refractivity contribution in [2.75, 3.05) is 5.32 Å². The van der Waals surface area contributed by atoms with Crippen LogP contribution in [0.1, 0.15) is 25.3 Å². The van der Waals surface area contributed by atoms with E-state index in [0.29, 0.717) is 6.04 Å². The van der Waals surface area contributed by atoms with Gasteiger partial charge >= 0.3 is 0 Å². The van der Waals surface area contributed by atoms with Gasteiger partial charge in [0.05, 0.1) is 6.54 Å². The van der Waals surface area contributed by atoms with E-state index < -0.39 is 0 Å². The molecular weight excluding hydrogens is 224 g/mol. The van der Waals surface area contributed by atoms with Crippen molar-refractivity contribution in [1.29, 1.82) is 0 Å². The third-order valence-electron chi connectivity index (χ3n) is 3.48. The van der Waals surface area contributed by atoms with Crippen LogP contribution in [0.25, 0.3) is 0 Å². The first-order chi connectivity index (χ1) is 8.79. The quantitative estimate of drug-likeness (QED) is 0.896. The second-order valence-corrected chi connectivity index (χ2v) is 5.21. The summed E-state index contributed by atoms with van der Waals surface area (Å²) in [5.41, 5.74) is 2.46. The highest BCUT2D eigenvalue weighted by Gasteiger charge is 2.24. The molecule has 1 N–H and O–H groups in total. The zero-order valence-corrected chi connectivity index (χ0v) is 10.6. The van der Waals surface area contributed by atoms with Crippen LogP contribution in [-0.4, -0.2) is 20.8 Å². The lowest BCUT2D eigenvalue weighted by Gasteiger charge is -2.34. The molecule has 1 aliphatic carbocycles. The van der Waals surface area contributed by atoms with Crippen LogP contribution in [0.2, 0.25) is 0 Å². The van der Waals surface area contributed by atoms with Crippen LogP contribution in [0, 0.1) is 5.92 Å². The van der Waals surface area contributed by atoms with E-state index in [-0.39, 0.29) is 0 Å². The molecule has 1 aliphatic rings. The molecule has 4 heteroatoms. The summed E-state index contributed by atoms with van der Waals surface area (Å²) in [4.78, 5) is 3.96. The SMILES string of the molecule is CC1CC(Nc2cccc(Cn3cncn3)c2)C1. The molecule has 0 aliphatic heterocycles. The van der Waals surface area contributed by atoms with Gasteiger partial charge in [0, 0.05) is 11.7 Å². The topological polar surface area (TPSA) is 42.7 Å². The molecule has 1 heterocycles. The van der Waals surface area contributed by atoms with Gasteiger partial charge in [-0.15, -0.1) is 0 Å². The zero-order valence-electron chi connectivity index (χ0n) is 10.6. The zero-order chi connectivity index (χ0) is 12.4. The lowest BCUT2D eigenvalue weighted by Crippen LogP contribution is -2.33. The number of benzene rings is 1. The standard InChI is InChI=1S/C14H18N4/c1-11-5-14(6-11)17-13-4-2-3-12(7-13)8-18-10-15-9-16-18/h2-4,7,9-11,14,17H,5-6,8H2,1H3. The van der Waals surface area contributed by atoms with E-state index in [1.54, 1.807) is 12.7 Å². The molecule has 0 unspecified atom stereocenters. The Balaban J connectivity index is 1.65. The van der Waals surface area contributed by atoms with Gasteiger partial charge in [-0.3, -0.25) is 0 Å². The molecule has 0 radical (unpaired) electrons. The van der Waals surface area contributed by atoms with Gasteiger partial charge in [0.25, 0.3) is 0 Å². The Bertz CT molecular complexity index is 500. The van der Waals surface area contributed by atoms with Crippen molar-refractivity contribution in [3.8, 4) is 0 Å². The molecule has 3 rings (SSSR count). The molecule has 1 aromatic carbocycles. The Labute approximate surface area is 107 Å². The third-order valence-corrected chi connectivity index (χ3v) is 3.48. The van der Waals surface area contributed by atoms with Crippen molar-refractivity contribution in [3.05, 3.63) is 42.5 Å². The maximum Gasteiger partial charge on any atom is 0.137 e. The van der Waals surface area contributed by atoms with Crippen LogP contribution in [-0.2, 0) is 6.54 Å². The number of nitrogens with zero attached hydrogens (tertiary/aromatic N) is 3. The summed E-state index contributed by atoms with van der Waals surface area (Å²) in [6.45, 7) is 3.08. The van der Waals surface area contributed by atoms with Crippen molar-refractivity contribution >= 4 is 5.69 Å². The van der Waals surface area contributed by atoms with Gasteiger partial charge in [-0.2, -0.15) is 5.10 Å². The predicted octanol–water partition coefficient (Wildman–Crippen LogP) is 2.54. The minimum atomic E-state index is 0.654. The third kappa shape index (κ3) is 2.53. The molecule has 2 aromatic rings. The molecule has 0 atom stereocenters. The number of hydrogen-bond acceptors (Lipinski definition) is 3. The minimum absolute atomic E-state index is 0.654. The van der Waals surface area contributed by atoms with Gasteiger partial charge in [0.1, 0.15) is 12.7 Å². The Kier molecular flexibility index (Phi) is 3.00. The largest absolute Gasteiger partial charge is 0.382 e. The summed E-state index contributed by atoms with van der Waals surface area (Å²) >= 11 is 0. The van der Waals surface area contributed by atoms with Crippen LogP contribution < -0.4 is 5.32 Å². The molecule has 18 heavy (non-hydrogen) atoms. The van der Waals surface area contributed by atoms with Gasteiger partial charge in [-0.05, 0) is 36.5 Å². The monoisotopic (exact) mass is 242 g/mol. The van der Waals surface area contributed by atoms with Gasteiger partial charge in [0.2, 0.25) is 0 Å². The van der Waals surface area contributed by atoms with Crippen molar-refractivity contribution in [2.24, 2.45) is 5.92 Å². The normalized spacial score (nSPS) is 22.5. The molecule has 0 bridgehead atoms. The first kappa shape index (κ1) is 11.3. The van der Waals surface area contributed by atoms with Gasteiger partial charge in [-0.1, -0.05) is 19.1 Å². The predicted molar refractivity (Wildman–Crippen MR) is 71.4 cm³/mol. The Morgan fingerprint density at radius 3 is 3.00 bits per heavy atom. The van der Waals surface area contributed by atoms with Gasteiger partial charge in [-0.25, -0.2) is 9.67 Å². The minimum Gasteiger partial charge on any atom is -0.382 e. The number of nitrogens with one attached hydrogen (secondary N) is 1. The maximum atomic E-state index is 4.12. The Hall–Kier alpha value is -1.84. The van der Waals surface area contributed by atoms with Gasteiger partial charge < -0.3 is 5.32 Å². The summed E-state index contributed by atoms with van der Waals surface area (Å²) in [7, 11) is 0. The van der Waals surface area contributed by atoms with E-state index in [1.165, 1.54) is 24.1 Å². The van der Waals surface area contributed by atoms with E-state index in [4.69, 9.17) is 0 Å². The van der Waals surface area contributed by atoms with Crippen LogP contribution in [0.5, 0.6) is 0 Å². The van der Waals surface area contributed by atoms with Crippen LogP contribution in [0.15, 0.2) is 36.9 Å². The van der Waals surface area contributed by atoms with E-state index in [2.05, 4.69) is 46.6 Å². The first-order valence-corrected chi connectivity index (χ1v) is 6.47. The highest BCUT2D eigenvalue weighted by Crippen LogP contribution is 2.29. The molecule has 94 valence electrons. The molecule has 0 spiro atoms. The maximum absolute atomic E-state index is 4.12. The van der Waals surface area contributed by atoms with E-state index in [0.717, 1.165) is 12.5 Å². The number of hydrogen-bond donors (Lipinski definition) is 1. The lowest BCUT2D eigenvalue weighted by atomic mass is 9.82. The van der Waals surface area contributed by atoms with Crippen molar-refractivity contribution in [1.82, 2.24) is 14.8 Å². The second kappa shape index (κ2) is 4.80. The Morgan fingerprint density at radius 2 is 2.28 bits per heavy atom. The van der Waals surface area contributed by atoms with E-state index in [9.17, 15) is 0 Å². The summed E-state index contributed by atoms with van der Waals surface area (Å²) in [5.74, 6) is 0.876. The first-order valence-electron chi connectivity index (χ1n) is 6.47. The number of anilines is 1. The number of rotatable bonds is 4. The van der Waals surface area contributed by atoms with Crippen LogP contribution in [0.3, 0.4) is 0 Å². The molecule has 1 aromatic heterocycles. The molecule has 0 saturated heterocycles. The summed E-state index contributed by atoms with van der Waals surface area (Å²) in [5, 5.41) is 7.71. The molecule has 1 fully saturated rings. The Morgan fingerprint density at radius 1 is 1.39 bits per heavy atom. The highest BCUT2D eigenvalue weighted by atomic mass is 15.3. The summed E-state index contributed by atoms with van der Waals surface area (Å²) in [6.07, 6.45) is 5.88. The van der Waals surface area contributed by atoms with Crippen molar-refractivity contribution < 1.29 is 0 Å². The van der Waals surface area contributed by atoms with E-state index >= 15 is 0 Å². The molecule has 1 saturated carbocycles. The average Bonchev–Trinajstić information content (AvgIpc) is 2.80. The fraction of sp³-hybridized carbons (Fsp3) is 0.429. The molecular formula is C14H18N4. The van der Waals surface area contributed by atoms with Crippen molar-refractivity contribution in [2.45, 2.75) is 32.4 Å². The smallest absolute Gasteiger partial charge is 0.137 e. The fourth-order valence-corrected chi connectivity index (χ4v) is 2.52.